The minimum absolute atomic E-state index is 0.199. The quantitative estimate of drug-likeness (QED) is 0.895. The van der Waals surface area contributed by atoms with Crippen molar-refractivity contribution in [2.45, 2.75) is 30.7 Å². The van der Waals surface area contributed by atoms with E-state index in [0.29, 0.717) is 6.42 Å². The standard InChI is InChI=1S/C13H16BrNO2S/c1-13(8-9-2-4-10(14)5-3-9)15-11(12(16)17)6-7-18-13/h2-5,11,15H,6-8H2,1H3,(H,16,17). The van der Waals surface area contributed by atoms with Crippen molar-refractivity contribution in [1.82, 2.24) is 5.32 Å². The van der Waals surface area contributed by atoms with Crippen LogP contribution in [0.5, 0.6) is 0 Å². The molecule has 18 heavy (non-hydrogen) atoms. The van der Waals surface area contributed by atoms with Gasteiger partial charge in [-0.3, -0.25) is 10.1 Å². The first-order valence-corrected chi connectivity index (χ1v) is 7.65. The van der Waals surface area contributed by atoms with Crippen molar-refractivity contribution in [3.05, 3.63) is 34.3 Å². The molecule has 0 bridgehead atoms. The maximum Gasteiger partial charge on any atom is 0.320 e. The van der Waals surface area contributed by atoms with Gasteiger partial charge in [0.25, 0.3) is 0 Å². The second-order valence-electron chi connectivity index (χ2n) is 4.71. The van der Waals surface area contributed by atoms with Crippen molar-refractivity contribution in [3.8, 4) is 0 Å². The first kappa shape index (κ1) is 13.9. The predicted molar refractivity (Wildman–Crippen MR) is 77.9 cm³/mol. The van der Waals surface area contributed by atoms with Gasteiger partial charge in [-0.05, 0) is 43.2 Å². The van der Waals surface area contributed by atoms with Crippen LogP contribution in [0.25, 0.3) is 0 Å². The number of aliphatic carboxylic acids is 1. The molecule has 0 aromatic heterocycles. The lowest BCUT2D eigenvalue weighted by molar-refractivity contribution is -0.140. The summed E-state index contributed by atoms with van der Waals surface area (Å²) in [6, 6.07) is 7.75. The predicted octanol–water partition coefficient (Wildman–Crippen LogP) is 2.89. The van der Waals surface area contributed by atoms with Crippen LogP contribution < -0.4 is 5.32 Å². The van der Waals surface area contributed by atoms with Crippen molar-refractivity contribution in [1.29, 1.82) is 0 Å². The molecule has 1 fully saturated rings. The molecule has 1 aromatic carbocycles. The van der Waals surface area contributed by atoms with E-state index in [1.165, 1.54) is 5.56 Å². The third-order valence-electron chi connectivity index (χ3n) is 3.06. The molecule has 1 aliphatic rings. The molecule has 0 aliphatic carbocycles. The highest BCUT2D eigenvalue weighted by Crippen LogP contribution is 2.32. The van der Waals surface area contributed by atoms with Gasteiger partial charge in [0, 0.05) is 4.47 Å². The van der Waals surface area contributed by atoms with Gasteiger partial charge in [-0.15, -0.1) is 11.8 Å². The molecule has 0 amide bonds. The van der Waals surface area contributed by atoms with E-state index in [2.05, 4.69) is 40.3 Å². The van der Waals surface area contributed by atoms with Crippen LogP contribution in [0, 0.1) is 0 Å². The third-order valence-corrected chi connectivity index (χ3v) is 4.93. The largest absolute Gasteiger partial charge is 0.480 e. The topological polar surface area (TPSA) is 49.3 Å². The molecule has 0 spiro atoms. The number of carboxylic acids is 1. The number of hydrogen-bond donors (Lipinski definition) is 2. The summed E-state index contributed by atoms with van der Waals surface area (Å²) < 4.78 is 1.06. The Hall–Kier alpha value is -0.520. The van der Waals surface area contributed by atoms with Gasteiger partial charge >= 0.3 is 5.97 Å². The van der Waals surface area contributed by atoms with E-state index in [0.717, 1.165) is 16.6 Å². The van der Waals surface area contributed by atoms with Gasteiger partial charge in [-0.1, -0.05) is 28.1 Å². The molecular formula is C13H16BrNO2S. The number of rotatable bonds is 3. The molecule has 2 atom stereocenters. The van der Waals surface area contributed by atoms with E-state index >= 15 is 0 Å². The van der Waals surface area contributed by atoms with Crippen LogP contribution in [0.2, 0.25) is 0 Å². The van der Waals surface area contributed by atoms with Crippen LogP contribution >= 0.6 is 27.7 Å². The molecule has 1 aromatic rings. The first-order chi connectivity index (χ1) is 8.48. The molecule has 0 saturated carbocycles. The Morgan fingerprint density at radius 1 is 1.56 bits per heavy atom. The van der Waals surface area contributed by atoms with E-state index in [1.54, 1.807) is 11.8 Å². The molecule has 1 saturated heterocycles. The fourth-order valence-corrected chi connectivity index (χ4v) is 3.73. The highest BCUT2D eigenvalue weighted by Gasteiger charge is 2.35. The third kappa shape index (κ3) is 3.49. The summed E-state index contributed by atoms with van der Waals surface area (Å²) in [6.07, 6.45) is 1.52. The zero-order valence-corrected chi connectivity index (χ0v) is 12.6. The highest BCUT2D eigenvalue weighted by molar-refractivity contribution is 9.10. The summed E-state index contributed by atoms with van der Waals surface area (Å²) >= 11 is 5.21. The van der Waals surface area contributed by atoms with Gasteiger partial charge in [-0.2, -0.15) is 0 Å². The lowest BCUT2D eigenvalue weighted by Crippen LogP contribution is -2.54. The van der Waals surface area contributed by atoms with Crippen molar-refractivity contribution >= 4 is 33.7 Å². The molecule has 98 valence electrons. The zero-order chi connectivity index (χ0) is 13.2. The second kappa shape index (κ2) is 5.63. The van der Waals surface area contributed by atoms with Crippen molar-refractivity contribution < 1.29 is 9.90 Å². The Labute approximate surface area is 119 Å². The summed E-state index contributed by atoms with van der Waals surface area (Å²) in [5.74, 6) is 0.133. The number of halogens is 1. The molecule has 0 radical (unpaired) electrons. The molecule has 2 rings (SSSR count). The summed E-state index contributed by atoms with van der Waals surface area (Å²) in [6.45, 7) is 2.08. The van der Waals surface area contributed by atoms with Gasteiger partial charge in [-0.25, -0.2) is 0 Å². The molecule has 5 heteroatoms. The zero-order valence-electron chi connectivity index (χ0n) is 10.1. The van der Waals surface area contributed by atoms with Crippen LogP contribution in [0.1, 0.15) is 18.9 Å². The number of nitrogens with one attached hydrogen (secondary N) is 1. The summed E-state index contributed by atoms with van der Waals surface area (Å²) in [5, 5.41) is 12.3. The fraction of sp³-hybridized carbons (Fsp3) is 0.462. The Kier molecular flexibility index (Phi) is 4.35. The minimum Gasteiger partial charge on any atom is -0.480 e. The van der Waals surface area contributed by atoms with Gasteiger partial charge in [0.05, 0.1) is 4.87 Å². The van der Waals surface area contributed by atoms with E-state index in [9.17, 15) is 4.79 Å². The number of hydrogen-bond acceptors (Lipinski definition) is 3. The number of carboxylic acid groups (broad SMARTS) is 1. The molecule has 1 aliphatic heterocycles. The Bertz CT molecular complexity index is 437. The second-order valence-corrected chi connectivity index (χ2v) is 7.22. The Balaban J connectivity index is 2.06. The van der Waals surface area contributed by atoms with Crippen LogP contribution in [0.3, 0.4) is 0 Å². The van der Waals surface area contributed by atoms with E-state index in [4.69, 9.17) is 5.11 Å². The number of thioether (sulfide) groups is 1. The van der Waals surface area contributed by atoms with Gasteiger partial charge in [0.2, 0.25) is 0 Å². The summed E-state index contributed by atoms with van der Waals surface area (Å²) in [5.41, 5.74) is 1.21. The normalized spacial score (nSPS) is 28.0. The lowest BCUT2D eigenvalue weighted by Gasteiger charge is -2.37. The van der Waals surface area contributed by atoms with Crippen LogP contribution in [0.15, 0.2) is 28.7 Å². The monoisotopic (exact) mass is 329 g/mol. The SMILES string of the molecule is CC1(Cc2ccc(Br)cc2)NC(C(=O)O)CCS1. The maximum absolute atomic E-state index is 11.1. The van der Waals surface area contributed by atoms with E-state index in [1.807, 2.05) is 12.1 Å². The molecule has 3 nitrogen and oxygen atoms in total. The fourth-order valence-electron chi connectivity index (χ4n) is 2.16. The van der Waals surface area contributed by atoms with Crippen LogP contribution in [-0.4, -0.2) is 27.7 Å². The number of benzene rings is 1. The van der Waals surface area contributed by atoms with Gasteiger partial charge < -0.3 is 5.11 Å². The van der Waals surface area contributed by atoms with Crippen LogP contribution in [-0.2, 0) is 11.2 Å². The maximum atomic E-state index is 11.1. The van der Waals surface area contributed by atoms with Crippen molar-refractivity contribution in [2.24, 2.45) is 0 Å². The average molecular weight is 330 g/mol. The highest BCUT2D eigenvalue weighted by atomic mass is 79.9. The Morgan fingerprint density at radius 2 is 2.22 bits per heavy atom. The van der Waals surface area contributed by atoms with Gasteiger partial charge in [0.15, 0.2) is 0 Å². The van der Waals surface area contributed by atoms with Crippen molar-refractivity contribution in [3.63, 3.8) is 0 Å². The Morgan fingerprint density at radius 3 is 2.83 bits per heavy atom. The minimum atomic E-state index is -0.752. The van der Waals surface area contributed by atoms with Gasteiger partial charge in [0.1, 0.15) is 6.04 Å². The van der Waals surface area contributed by atoms with E-state index < -0.39 is 12.0 Å². The number of carbonyl (C=O) groups is 1. The average Bonchev–Trinajstić information content (AvgIpc) is 2.32. The molecular weight excluding hydrogens is 314 g/mol. The summed E-state index contributed by atoms with van der Waals surface area (Å²) in [4.78, 5) is 10.9. The van der Waals surface area contributed by atoms with Crippen molar-refractivity contribution in [2.75, 3.05) is 5.75 Å². The summed E-state index contributed by atoms with van der Waals surface area (Å²) in [7, 11) is 0. The molecule has 2 N–H and O–H groups in total. The first-order valence-electron chi connectivity index (χ1n) is 5.87. The molecule has 2 unspecified atom stereocenters. The smallest absolute Gasteiger partial charge is 0.320 e. The lowest BCUT2D eigenvalue weighted by atomic mass is 10.0. The molecule has 1 heterocycles. The van der Waals surface area contributed by atoms with Crippen LogP contribution in [0.4, 0.5) is 0 Å². The van der Waals surface area contributed by atoms with E-state index in [-0.39, 0.29) is 4.87 Å².